The van der Waals surface area contributed by atoms with Crippen LogP contribution in [0.15, 0.2) is 22.7 Å². The van der Waals surface area contributed by atoms with Crippen molar-refractivity contribution < 1.29 is 23.1 Å². The summed E-state index contributed by atoms with van der Waals surface area (Å²) in [6.45, 7) is 7.92. The first kappa shape index (κ1) is 24.1. The van der Waals surface area contributed by atoms with Crippen molar-refractivity contribution in [3.05, 3.63) is 45.4 Å². The maximum atomic E-state index is 14.1. The molecule has 1 fully saturated rings. The first-order valence-corrected chi connectivity index (χ1v) is 11.3. The Bertz CT molecular complexity index is 945. The molecular formula is C22H28F2N4O3S. The Hall–Kier alpha value is -2.59. The van der Waals surface area contributed by atoms with Gasteiger partial charge in [-0.05, 0) is 58.8 Å². The van der Waals surface area contributed by atoms with Crippen LogP contribution in [0.25, 0.3) is 0 Å². The number of rotatable bonds is 4. The van der Waals surface area contributed by atoms with Crippen LogP contribution in [0.4, 0.5) is 14.5 Å². The molecule has 7 nitrogen and oxygen atoms in total. The van der Waals surface area contributed by atoms with Crippen molar-refractivity contribution in [1.82, 2.24) is 10.3 Å². The number of anilines is 1. The Kier molecular flexibility index (Phi) is 7.78. The smallest absolute Gasteiger partial charge is 0.293 e. The zero-order chi connectivity index (χ0) is 23.3. The molecule has 2 aromatic rings. The topological polar surface area (TPSA) is 98.8 Å². The van der Waals surface area contributed by atoms with Crippen molar-refractivity contribution in [1.29, 1.82) is 0 Å². The molecule has 10 heteroatoms. The van der Waals surface area contributed by atoms with E-state index in [1.165, 1.54) is 0 Å². The van der Waals surface area contributed by atoms with Gasteiger partial charge in [-0.1, -0.05) is 5.16 Å². The van der Waals surface area contributed by atoms with Crippen molar-refractivity contribution in [3.8, 4) is 0 Å². The summed E-state index contributed by atoms with van der Waals surface area (Å²) in [7, 11) is 0. The predicted molar refractivity (Wildman–Crippen MR) is 120 cm³/mol. The third-order valence-electron chi connectivity index (χ3n) is 5.00. The average Bonchev–Trinajstić information content (AvgIpc) is 3.37. The van der Waals surface area contributed by atoms with E-state index in [4.69, 9.17) is 10.6 Å². The van der Waals surface area contributed by atoms with E-state index in [0.29, 0.717) is 18.1 Å². The van der Waals surface area contributed by atoms with E-state index in [1.54, 1.807) is 11.3 Å². The lowest BCUT2D eigenvalue weighted by atomic mass is 9.99. The van der Waals surface area contributed by atoms with E-state index in [-0.39, 0.29) is 23.3 Å². The van der Waals surface area contributed by atoms with Crippen LogP contribution in [0, 0.1) is 11.6 Å². The highest BCUT2D eigenvalue weighted by Gasteiger charge is 2.31. The normalized spacial score (nSPS) is 18.9. The van der Waals surface area contributed by atoms with Crippen molar-refractivity contribution in [2.24, 2.45) is 5.16 Å². The zero-order valence-corrected chi connectivity index (χ0v) is 19.2. The monoisotopic (exact) mass is 466 g/mol. The van der Waals surface area contributed by atoms with E-state index < -0.39 is 17.7 Å². The summed E-state index contributed by atoms with van der Waals surface area (Å²) < 4.78 is 32.7. The van der Waals surface area contributed by atoms with Gasteiger partial charge in [0.15, 0.2) is 6.10 Å². The van der Waals surface area contributed by atoms with Crippen molar-refractivity contribution >= 4 is 29.2 Å². The number of nitrogen functional groups attached to an aromatic ring is 1. The summed E-state index contributed by atoms with van der Waals surface area (Å²) in [4.78, 5) is 19.6. The number of piperidine rings is 1. The predicted octanol–water partition coefficient (Wildman–Crippen LogP) is 4.29. The molecule has 0 radical (unpaired) electrons. The number of carbonyl (C=O) groups is 1. The minimum absolute atomic E-state index is 0.0454. The fourth-order valence-electron chi connectivity index (χ4n) is 3.42. The Labute approximate surface area is 190 Å². The van der Waals surface area contributed by atoms with E-state index in [0.717, 1.165) is 48.8 Å². The van der Waals surface area contributed by atoms with Crippen LogP contribution in [0.2, 0.25) is 0 Å². The van der Waals surface area contributed by atoms with Gasteiger partial charge in [-0.3, -0.25) is 4.79 Å². The molecule has 1 atom stereocenters. The lowest BCUT2D eigenvalue weighted by Gasteiger charge is -2.20. The molecule has 1 aromatic heterocycles. The van der Waals surface area contributed by atoms with Gasteiger partial charge in [0.05, 0.1) is 16.3 Å². The fourth-order valence-corrected chi connectivity index (χ4v) is 4.42. The number of nitrogens with zero attached hydrogens (tertiary/aromatic N) is 2. The summed E-state index contributed by atoms with van der Waals surface area (Å²) in [5.74, 6) is -0.967. The van der Waals surface area contributed by atoms with Gasteiger partial charge in [-0.25, -0.2) is 13.8 Å². The van der Waals surface area contributed by atoms with Gasteiger partial charge in [-0.15, -0.1) is 11.3 Å². The zero-order valence-electron chi connectivity index (χ0n) is 18.4. The second kappa shape index (κ2) is 10.4. The molecule has 1 saturated heterocycles. The molecule has 4 rings (SSSR count). The minimum atomic E-state index is -0.792. The van der Waals surface area contributed by atoms with Gasteiger partial charge in [0.25, 0.3) is 6.47 Å². The van der Waals surface area contributed by atoms with Crippen LogP contribution >= 0.6 is 11.3 Å². The number of thiazole rings is 1. The number of benzene rings is 1. The van der Waals surface area contributed by atoms with Crippen molar-refractivity contribution in [3.63, 3.8) is 0 Å². The molecule has 3 heterocycles. The Morgan fingerprint density at radius 1 is 1.25 bits per heavy atom. The molecule has 32 heavy (non-hydrogen) atoms. The number of halogens is 2. The van der Waals surface area contributed by atoms with E-state index >= 15 is 0 Å². The number of nitrogens with two attached hydrogens (primary N) is 1. The van der Waals surface area contributed by atoms with E-state index in [9.17, 15) is 13.6 Å². The summed E-state index contributed by atoms with van der Waals surface area (Å²) >= 11 is 1.61. The number of oxime groups is 1. The number of hydrogen-bond acceptors (Lipinski definition) is 8. The molecule has 0 aliphatic carbocycles. The number of aromatic nitrogens is 1. The Morgan fingerprint density at radius 3 is 2.47 bits per heavy atom. The van der Waals surface area contributed by atoms with Crippen LogP contribution < -0.4 is 11.1 Å². The summed E-state index contributed by atoms with van der Waals surface area (Å²) in [5.41, 5.74) is 6.40. The average molecular weight is 467 g/mol. The van der Waals surface area contributed by atoms with Crippen molar-refractivity contribution in [2.75, 3.05) is 18.8 Å². The van der Waals surface area contributed by atoms with Gasteiger partial charge in [0.1, 0.15) is 22.9 Å². The largest absolute Gasteiger partial charge is 0.462 e. The molecule has 0 amide bonds. The lowest BCUT2D eigenvalue weighted by molar-refractivity contribution is -0.138. The highest BCUT2D eigenvalue weighted by atomic mass is 32.1. The highest BCUT2D eigenvalue weighted by Crippen LogP contribution is 2.35. The molecule has 0 bridgehead atoms. The molecule has 1 unspecified atom stereocenters. The van der Waals surface area contributed by atoms with Crippen LogP contribution in [0.3, 0.4) is 0 Å². The quantitative estimate of drug-likeness (QED) is 0.515. The van der Waals surface area contributed by atoms with Crippen LogP contribution in [-0.2, 0) is 14.4 Å². The fraction of sp³-hybridized carbons (Fsp3) is 0.500. The van der Waals surface area contributed by atoms with Gasteiger partial charge in [0, 0.05) is 23.4 Å². The van der Waals surface area contributed by atoms with Crippen LogP contribution in [0.1, 0.15) is 68.3 Å². The van der Waals surface area contributed by atoms with Gasteiger partial charge in [0.2, 0.25) is 0 Å². The van der Waals surface area contributed by atoms with Gasteiger partial charge >= 0.3 is 0 Å². The first-order chi connectivity index (χ1) is 15.2. The second-order valence-electron chi connectivity index (χ2n) is 8.66. The first-order valence-electron chi connectivity index (χ1n) is 10.4. The highest BCUT2D eigenvalue weighted by molar-refractivity contribution is 7.10. The number of hydrogen-bond donors (Lipinski definition) is 2. The van der Waals surface area contributed by atoms with Crippen LogP contribution in [-0.4, -0.2) is 35.9 Å². The number of nitrogens with one attached hydrogen (secondary N) is 1. The van der Waals surface area contributed by atoms with Gasteiger partial charge < -0.3 is 20.6 Å². The minimum Gasteiger partial charge on any atom is -0.462 e. The van der Waals surface area contributed by atoms with Crippen LogP contribution in [0.5, 0.6) is 0 Å². The Balaban J connectivity index is 0.000000360. The van der Waals surface area contributed by atoms with Crippen molar-refractivity contribution in [2.45, 2.75) is 57.7 Å². The second-order valence-corrected chi connectivity index (χ2v) is 9.55. The molecule has 1 aromatic carbocycles. The Morgan fingerprint density at radius 2 is 1.91 bits per heavy atom. The maximum Gasteiger partial charge on any atom is 0.293 e. The number of ether oxygens (including phenoxy) is 1. The maximum absolute atomic E-state index is 14.1. The molecule has 2 aliphatic rings. The molecule has 0 spiro atoms. The third kappa shape index (κ3) is 6.23. The molecular weight excluding hydrogens is 438 g/mol. The van der Waals surface area contributed by atoms with Gasteiger partial charge in [-0.2, -0.15) is 0 Å². The summed E-state index contributed by atoms with van der Waals surface area (Å²) in [5, 5.41) is 10.4. The summed E-state index contributed by atoms with van der Waals surface area (Å²) in [6.07, 6.45) is 1.63. The lowest BCUT2D eigenvalue weighted by Crippen LogP contribution is -2.26. The SMILES string of the molecule is CC(C)(C)OC=O.Nc1cc(F)c(C2CC(c3csc(C4CCNCC4)n3)=NO2)c(F)c1. The van der Waals surface area contributed by atoms with E-state index in [2.05, 4.69) is 20.2 Å². The molecule has 3 N–H and O–H groups in total. The standard InChI is InChI=1S/C17H18F2N4OS.C5H10O2/c18-11-5-10(20)6-12(19)16(11)15-7-13(23-24-15)14-8-25-17(22-14)9-1-3-21-4-2-9;1-5(2,3)7-4-6/h5-6,8-9,15,21H,1-4,7,20H2;4H,1-3H3. The molecule has 174 valence electrons. The number of carbonyl (C=O) groups excluding carboxylic acids is 1. The third-order valence-corrected chi connectivity index (χ3v) is 6.01. The molecule has 0 saturated carbocycles. The van der Waals surface area contributed by atoms with E-state index in [1.807, 2.05) is 26.2 Å². The summed E-state index contributed by atoms with van der Waals surface area (Å²) in [6, 6.07) is 2.19. The molecule has 2 aliphatic heterocycles.